The summed E-state index contributed by atoms with van der Waals surface area (Å²) in [5.74, 6) is 0. The third-order valence-electron chi connectivity index (χ3n) is 3.81. The monoisotopic (exact) mass is 215 g/mol. The minimum atomic E-state index is 0.877. The highest BCUT2D eigenvalue weighted by Crippen LogP contribution is 2.26. The molecule has 1 aromatic rings. The first kappa shape index (κ1) is 13.0. The topological polar surface area (TPSA) is 0 Å². The van der Waals surface area contributed by atoms with Crippen molar-refractivity contribution in [1.29, 1.82) is 0 Å². The van der Waals surface area contributed by atoms with E-state index < -0.39 is 0 Å². The molecule has 0 N–H and O–H groups in total. The van der Waals surface area contributed by atoms with E-state index in [1.807, 2.05) is 0 Å². The van der Waals surface area contributed by atoms with E-state index in [0.717, 1.165) is 12.8 Å². The van der Waals surface area contributed by atoms with Crippen molar-refractivity contribution in [3.05, 3.63) is 52.5 Å². The summed E-state index contributed by atoms with van der Waals surface area (Å²) in [5, 5.41) is 0. The van der Waals surface area contributed by atoms with Gasteiger partial charge in [0, 0.05) is 0 Å². The maximum atomic E-state index is 3.82. The van der Waals surface area contributed by atoms with Gasteiger partial charge in [-0.05, 0) is 87.8 Å². The zero-order valence-electron chi connectivity index (χ0n) is 11.3. The van der Waals surface area contributed by atoms with Crippen molar-refractivity contribution >= 4 is 0 Å². The molecule has 16 heavy (non-hydrogen) atoms. The van der Waals surface area contributed by atoms with Crippen LogP contribution in [0.3, 0.4) is 0 Å². The zero-order valence-corrected chi connectivity index (χ0v) is 11.3. The first-order valence-corrected chi connectivity index (χ1v) is 6.00. The lowest BCUT2D eigenvalue weighted by molar-refractivity contribution is 1.08. The molecule has 1 aromatic carbocycles. The lowest BCUT2D eigenvalue weighted by Gasteiger charge is -2.17. The minimum Gasteiger partial charge on any atom is -0.0882 e. The highest BCUT2D eigenvalue weighted by atomic mass is 14.2. The van der Waals surface area contributed by atoms with E-state index in [1.165, 1.54) is 33.4 Å². The summed E-state index contributed by atoms with van der Waals surface area (Å²) in [6.07, 6.45) is 6.29. The lowest BCUT2D eigenvalue weighted by Crippen LogP contribution is -2.01. The molecule has 0 unspecified atom stereocenters. The number of benzene rings is 1. The summed E-state index contributed by atoms with van der Waals surface area (Å²) in [5.41, 5.74) is 8.73. The molecule has 0 saturated carbocycles. The molecule has 1 radical (unpaired) electrons. The number of hydrogen-bond donors (Lipinski definition) is 0. The summed E-state index contributed by atoms with van der Waals surface area (Å²) < 4.78 is 0. The van der Waals surface area contributed by atoms with Crippen LogP contribution in [0.2, 0.25) is 0 Å². The summed E-state index contributed by atoms with van der Waals surface area (Å²) in [7, 11) is 0. The van der Waals surface area contributed by atoms with Crippen molar-refractivity contribution in [3.63, 3.8) is 0 Å². The second-order valence-corrected chi connectivity index (χ2v) is 4.57. The van der Waals surface area contributed by atoms with Crippen molar-refractivity contribution in [2.75, 3.05) is 0 Å². The average molecular weight is 215 g/mol. The Balaban J connectivity index is 3.23. The molecule has 87 valence electrons. The molecule has 0 fully saturated rings. The largest absolute Gasteiger partial charge is 0.0882 e. The SMILES string of the molecule is [CH2]C/C=C/Cc1c(C)c(C)c(C)c(C)c1C. The molecule has 0 spiro atoms. The predicted molar refractivity (Wildman–Crippen MR) is 72.9 cm³/mol. The van der Waals surface area contributed by atoms with E-state index in [-0.39, 0.29) is 0 Å². The molecule has 0 heterocycles. The van der Waals surface area contributed by atoms with E-state index >= 15 is 0 Å². The number of hydrogen-bond acceptors (Lipinski definition) is 0. The van der Waals surface area contributed by atoms with Gasteiger partial charge in [-0.3, -0.25) is 0 Å². The first-order chi connectivity index (χ1) is 7.50. The van der Waals surface area contributed by atoms with Gasteiger partial charge in [0.2, 0.25) is 0 Å². The molecular weight excluding hydrogens is 192 g/mol. The highest BCUT2D eigenvalue weighted by Gasteiger charge is 2.10. The number of allylic oxidation sites excluding steroid dienone is 2. The summed E-state index contributed by atoms with van der Waals surface area (Å²) in [6.45, 7) is 15.0. The Kier molecular flexibility index (Phi) is 4.35. The Morgan fingerprint density at radius 2 is 1.19 bits per heavy atom. The van der Waals surface area contributed by atoms with Crippen LogP contribution in [0.4, 0.5) is 0 Å². The molecule has 0 aromatic heterocycles. The molecule has 0 heteroatoms. The van der Waals surface area contributed by atoms with E-state index in [0.29, 0.717) is 0 Å². The van der Waals surface area contributed by atoms with Gasteiger partial charge in [-0.2, -0.15) is 0 Å². The van der Waals surface area contributed by atoms with Crippen molar-refractivity contribution in [2.45, 2.75) is 47.5 Å². The summed E-state index contributed by atoms with van der Waals surface area (Å²) >= 11 is 0. The van der Waals surface area contributed by atoms with E-state index in [2.05, 4.69) is 53.7 Å². The van der Waals surface area contributed by atoms with Gasteiger partial charge in [-0.25, -0.2) is 0 Å². The maximum absolute atomic E-state index is 3.82. The van der Waals surface area contributed by atoms with Crippen LogP contribution in [0.5, 0.6) is 0 Å². The second-order valence-electron chi connectivity index (χ2n) is 4.57. The zero-order chi connectivity index (χ0) is 12.3. The van der Waals surface area contributed by atoms with Gasteiger partial charge in [-0.15, -0.1) is 0 Å². The molecule has 0 bridgehead atoms. The molecule has 0 aliphatic carbocycles. The molecule has 0 saturated heterocycles. The fraction of sp³-hybridized carbons (Fsp3) is 0.438. The Hall–Kier alpha value is -1.04. The average Bonchev–Trinajstić information content (AvgIpc) is 2.28. The van der Waals surface area contributed by atoms with Gasteiger partial charge in [0.15, 0.2) is 0 Å². The molecule has 0 amide bonds. The molecule has 0 aliphatic heterocycles. The van der Waals surface area contributed by atoms with Gasteiger partial charge in [0.05, 0.1) is 0 Å². The fourth-order valence-electron chi connectivity index (χ4n) is 2.20. The van der Waals surface area contributed by atoms with Crippen molar-refractivity contribution in [3.8, 4) is 0 Å². The molecule has 0 nitrogen and oxygen atoms in total. The highest BCUT2D eigenvalue weighted by molar-refractivity contribution is 5.50. The van der Waals surface area contributed by atoms with Crippen LogP contribution in [0.1, 0.15) is 39.8 Å². The maximum Gasteiger partial charge on any atom is -0.00920 e. The summed E-state index contributed by atoms with van der Waals surface area (Å²) in [4.78, 5) is 0. The smallest absolute Gasteiger partial charge is 0.00920 e. The number of rotatable bonds is 3. The molecule has 1 rings (SSSR count). The second kappa shape index (κ2) is 5.34. The Morgan fingerprint density at radius 3 is 1.62 bits per heavy atom. The quantitative estimate of drug-likeness (QED) is 0.649. The third-order valence-corrected chi connectivity index (χ3v) is 3.81. The van der Waals surface area contributed by atoms with Gasteiger partial charge in [0.1, 0.15) is 0 Å². The van der Waals surface area contributed by atoms with Crippen LogP contribution in [0.25, 0.3) is 0 Å². The van der Waals surface area contributed by atoms with Gasteiger partial charge >= 0.3 is 0 Å². The Bertz CT molecular complexity index is 380. The van der Waals surface area contributed by atoms with E-state index in [1.54, 1.807) is 0 Å². The normalized spacial score (nSPS) is 11.4. The van der Waals surface area contributed by atoms with Crippen LogP contribution in [-0.4, -0.2) is 0 Å². The van der Waals surface area contributed by atoms with E-state index in [4.69, 9.17) is 0 Å². The predicted octanol–water partition coefficient (Wildman–Crippen LogP) is 4.55. The van der Waals surface area contributed by atoms with Gasteiger partial charge in [-0.1, -0.05) is 12.2 Å². The van der Waals surface area contributed by atoms with Crippen LogP contribution in [0.15, 0.2) is 12.2 Å². The molecule has 0 aliphatic rings. The molecular formula is C16H23. The van der Waals surface area contributed by atoms with Crippen LogP contribution < -0.4 is 0 Å². The standard InChI is InChI=1S/C16H23/c1-7-8-9-10-16-14(5)12(3)11(2)13(4)15(16)6/h8-9H,1,7,10H2,2-6H3/b9-8+. The Labute approximate surface area is 100 Å². The van der Waals surface area contributed by atoms with E-state index in [9.17, 15) is 0 Å². The Morgan fingerprint density at radius 1 is 0.750 bits per heavy atom. The van der Waals surface area contributed by atoms with Gasteiger partial charge in [0.25, 0.3) is 0 Å². The molecule has 0 atom stereocenters. The van der Waals surface area contributed by atoms with Crippen LogP contribution in [0, 0.1) is 41.5 Å². The van der Waals surface area contributed by atoms with Crippen LogP contribution >= 0.6 is 0 Å². The first-order valence-electron chi connectivity index (χ1n) is 6.00. The van der Waals surface area contributed by atoms with Gasteiger partial charge < -0.3 is 0 Å². The summed E-state index contributed by atoms with van der Waals surface area (Å²) in [6, 6.07) is 0. The third kappa shape index (κ3) is 2.37. The van der Waals surface area contributed by atoms with Crippen molar-refractivity contribution in [1.82, 2.24) is 0 Å². The van der Waals surface area contributed by atoms with Crippen LogP contribution in [-0.2, 0) is 6.42 Å². The fourth-order valence-corrected chi connectivity index (χ4v) is 2.20. The van der Waals surface area contributed by atoms with Crippen molar-refractivity contribution < 1.29 is 0 Å². The van der Waals surface area contributed by atoms with Crippen molar-refractivity contribution in [2.24, 2.45) is 0 Å². The lowest BCUT2D eigenvalue weighted by atomic mass is 9.88. The minimum absolute atomic E-state index is 0.877.